The fourth-order valence-corrected chi connectivity index (χ4v) is 5.20. The van der Waals surface area contributed by atoms with E-state index in [0.29, 0.717) is 29.1 Å². The van der Waals surface area contributed by atoms with Crippen LogP contribution in [0.3, 0.4) is 0 Å². The molecular formula is C24H28ClN3O. The average molecular weight is 410 g/mol. The summed E-state index contributed by atoms with van der Waals surface area (Å²) in [5.41, 5.74) is 5.36. The van der Waals surface area contributed by atoms with Crippen molar-refractivity contribution < 1.29 is 6.22 Å². The second kappa shape index (κ2) is 7.17. The van der Waals surface area contributed by atoms with E-state index in [1.54, 1.807) is 16.7 Å². The Hall–Kier alpha value is -2.33. The number of amides is 1. The van der Waals surface area contributed by atoms with Gasteiger partial charge < -0.3 is 5.32 Å². The van der Waals surface area contributed by atoms with E-state index in [4.69, 9.17) is 11.6 Å². The van der Waals surface area contributed by atoms with E-state index in [1.165, 1.54) is 37.7 Å². The maximum absolute atomic E-state index is 12.9. The smallest absolute Gasteiger partial charge is 0.270 e. The van der Waals surface area contributed by atoms with Crippen LogP contribution in [0, 0.1) is 5.41 Å². The van der Waals surface area contributed by atoms with Gasteiger partial charge in [-0.3, -0.25) is 9.20 Å². The summed E-state index contributed by atoms with van der Waals surface area (Å²) in [6.45, 7) is 2.51. The topological polar surface area (TPSA) is 46.4 Å². The lowest BCUT2D eigenvalue weighted by Crippen LogP contribution is -2.41. The number of carbonyl (C=O) groups is 1. The second-order valence-electron chi connectivity index (χ2n) is 8.72. The van der Waals surface area contributed by atoms with E-state index in [2.05, 4.69) is 34.6 Å². The monoisotopic (exact) mass is 409 g/mol. The molecule has 1 N–H and O–H groups in total. The van der Waals surface area contributed by atoms with Crippen molar-refractivity contribution in [2.45, 2.75) is 57.9 Å². The van der Waals surface area contributed by atoms with Crippen LogP contribution in [0.25, 0.3) is 5.65 Å². The highest BCUT2D eigenvalue weighted by Gasteiger charge is 2.48. The van der Waals surface area contributed by atoms with Gasteiger partial charge in [-0.1, -0.05) is 49.2 Å². The van der Waals surface area contributed by atoms with Crippen LogP contribution in [0.1, 0.15) is 73.7 Å². The van der Waals surface area contributed by atoms with Crippen molar-refractivity contribution in [3.8, 4) is 0 Å². The third kappa shape index (κ3) is 3.33. The van der Waals surface area contributed by atoms with Gasteiger partial charge in [0.25, 0.3) is 5.91 Å². The molecule has 5 heteroatoms. The van der Waals surface area contributed by atoms with Crippen molar-refractivity contribution in [3.05, 3.63) is 70.1 Å². The molecule has 2 fully saturated rings. The second-order valence-corrected chi connectivity index (χ2v) is 9.16. The lowest BCUT2D eigenvalue weighted by molar-refractivity contribution is 0.00900. The van der Waals surface area contributed by atoms with Gasteiger partial charge in [-0.05, 0) is 66.7 Å². The minimum atomic E-state index is -0.119. The number of nitrogens with one attached hydrogen (secondary N) is 1. The standard InChI is InChI=1S/C24H26ClN3O.H2/c1-2-20-22(28-15-19(25)8-9-21(28)27-20)23(29)26-14-16-4-6-17(7-5-16)18-12-24(13-18)10-3-11-24;/h4-9,15,18H,2-3,10-14H2,1H3,(H,26,29);1H. The summed E-state index contributed by atoms with van der Waals surface area (Å²) in [5.74, 6) is 0.612. The van der Waals surface area contributed by atoms with Gasteiger partial charge >= 0.3 is 0 Å². The largest absolute Gasteiger partial charge is 0.347 e. The van der Waals surface area contributed by atoms with E-state index < -0.39 is 0 Å². The van der Waals surface area contributed by atoms with Crippen molar-refractivity contribution in [1.82, 2.24) is 14.7 Å². The number of pyridine rings is 1. The normalized spacial score (nSPS) is 17.9. The van der Waals surface area contributed by atoms with Crippen LogP contribution < -0.4 is 5.32 Å². The lowest BCUT2D eigenvalue weighted by Gasteiger charge is -2.54. The van der Waals surface area contributed by atoms with Gasteiger partial charge in [-0.25, -0.2) is 4.98 Å². The summed E-state index contributed by atoms with van der Waals surface area (Å²) in [7, 11) is 0. The maximum Gasteiger partial charge on any atom is 0.270 e. The highest BCUT2D eigenvalue weighted by atomic mass is 35.5. The molecule has 2 saturated carbocycles. The molecule has 0 aliphatic heterocycles. The molecule has 0 radical (unpaired) electrons. The molecule has 0 unspecified atom stereocenters. The minimum Gasteiger partial charge on any atom is -0.347 e. The molecule has 2 heterocycles. The Morgan fingerprint density at radius 1 is 1.24 bits per heavy atom. The van der Waals surface area contributed by atoms with Gasteiger partial charge in [0.1, 0.15) is 11.3 Å². The quantitative estimate of drug-likeness (QED) is 0.581. The van der Waals surface area contributed by atoms with Crippen molar-refractivity contribution in [2.75, 3.05) is 0 Å². The molecule has 4 nitrogen and oxygen atoms in total. The summed E-state index contributed by atoms with van der Waals surface area (Å²) < 4.78 is 1.78. The molecule has 5 rings (SSSR count). The molecule has 3 aromatic rings. The van der Waals surface area contributed by atoms with Gasteiger partial charge in [0.15, 0.2) is 0 Å². The van der Waals surface area contributed by atoms with E-state index in [0.717, 1.165) is 22.8 Å². The Morgan fingerprint density at radius 3 is 2.66 bits per heavy atom. The van der Waals surface area contributed by atoms with E-state index in [9.17, 15) is 4.79 Å². The Bertz CT molecular complexity index is 1060. The van der Waals surface area contributed by atoms with Gasteiger partial charge in [0, 0.05) is 14.2 Å². The van der Waals surface area contributed by atoms with Crippen LogP contribution in [0.2, 0.25) is 5.02 Å². The van der Waals surface area contributed by atoms with Crippen molar-refractivity contribution in [2.24, 2.45) is 5.41 Å². The summed E-state index contributed by atoms with van der Waals surface area (Å²) in [4.78, 5) is 17.5. The predicted molar refractivity (Wildman–Crippen MR) is 118 cm³/mol. The number of aryl methyl sites for hydroxylation is 1. The Kier molecular flexibility index (Phi) is 4.62. The average Bonchev–Trinajstić information content (AvgIpc) is 3.02. The molecule has 1 aromatic carbocycles. The number of nitrogens with zero attached hydrogens (tertiary/aromatic N) is 2. The van der Waals surface area contributed by atoms with Gasteiger partial charge in [-0.15, -0.1) is 0 Å². The zero-order valence-corrected chi connectivity index (χ0v) is 17.5. The number of benzene rings is 1. The number of carbonyl (C=O) groups excluding carboxylic acids is 1. The molecule has 2 aliphatic carbocycles. The molecule has 2 aromatic heterocycles. The molecule has 2 aliphatic rings. The number of rotatable bonds is 5. The van der Waals surface area contributed by atoms with E-state index >= 15 is 0 Å². The number of halogens is 1. The van der Waals surface area contributed by atoms with Crippen LogP contribution in [-0.2, 0) is 13.0 Å². The molecule has 0 atom stereocenters. The van der Waals surface area contributed by atoms with Gasteiger partial charge in [0.2, 0.25) is 0 Å². The summed E-state index contributed by atoms with van der Waals surface area (Å²) in [5, 5.41) is 3.64. The first-order valence-corrected chi connectivity index (χ1v) is 11.0. The van der Waals surface area contributed by atoms with Crippen molar-refractivity contribution in [3.63, 3.8) is 0 Å². The molecule has 152 valence electrons. The van der Waals surface area contributed by atoms with Crippen LogP contribution in [0.15, 0.2) is 42.6 Å². The van der Waals surface area contributed by atoms with E-state index in [1.807, 2.05) is 13.0 Å². The van der Waals surface area contributed by atoms with Gasteiger partial charge in [-0.2, -0.15) is 0 Å². The van der Waals surface area contributed by atoms with Crippen LogP contribution in [-0.4, -0.2) is 15.3 Å². The highest BCUT2D eigenvalue weighted by molar-refractivity contribution is 6.30. The fourth-order valence-electron chi connectivity index (χ4n) is 5.03. The zero-order chi connectivity index (χ0) is 20.0. The number of imidazole rings is 1. The van der Waals surface area contributed by atoms with Crippen molar-refractivity contribution >= 4 is 23.2 Å². The van der Waals surface area contributed by atoms with E-state index in [-0.39, 0.29) is 7.33 Å². The third-order valence-corrected chi connectivity index (χ3v) is 7.11. The Morgan fingerprint density at radius 2 is 2.00 bits per heavy atom. The fraction of sp³-hybridized carbons (Fsp3) is 0.417. The molecule has 1 spiro atoms. The number of aromatic nitrogens is 2. The first-order valence-electron chi connectivity index (χ1n) is 10.6. The highest BCUT2D eigenvalue weighted by Crippen LogP contribution is 2.61. The summed E-state index contributed by atoms with van der Waals surface area (Å²) in [6, 6.07) is 12.4. The van der Waals surface area contributed by atoms with Crippen LogP contribution in [0.4, 0.5) is 0 Å². The molecule has 0 saturated heterocycles. The molecule has 0 bridgehead atoms. The maximum atomic E-state index is 12.9. The SMILES string of the molecule is CCc1nc2ccc(Cl)cn2c1C(=O)NCc1ccc(C2CC3(CCC3)C2)cc1.[HH]. The lowest BCUT2D eigenvalue weighted by atomic mass is 9.51. The first-order chi connectivity index (χ1) is 14.1. The molecule has 29 heavy (non-hydrogen) atoms. The van der Waals surface area contributed by atoms with Gasteiger partial charge in [0.05, 0.1) is 10.7 Å². The number of hydrogen-bond donors (Lipinski definition) is 1. The number of hydrogen-bond acceptors (Lipinski definition) is 2. The predicted octanol–water partition coefficient (Wildman–Crippen LogP) is 5.77. The summed E-state index contributed by atoms with van der Waals surface area (Å²) >= 11 is 6.13. The van der Waals surface area contributed by atoms with Crippen LogP contribution >= 0.6 is 11.6 Å². The summed E-state index contributed by atoms with van der Waals surface area (Å²) in [6.07, 6.45) is 9.45. The Balaban J connectivity index is 0.00000218. The zero-order valence-electron chi connectivity index (χ0n) is 16.7. The molecule has 1 amide bonds. The minimum absolute atomic E-state index is 0. The Labute approximate surface area is 177 Å². The third-order valence-electron chi connectivity index (χ3n) is 6.88. The molecular weight excluding hydrogens is 382 g/mol. The first kappa shape index (κ1) is 18.7. The van der Waals surface area contributed by atoms with Crippen LogP contribution in [0.5, 0.6) is 0 Å². The number of fused-ring (bicyclic) bond motifs is 1. The van der Waals surface area contributed by atoms with Crippen molar-refractivity contribution in [1.29, 1.82) is 0 Å².